The second-order valence-electron chi connectivity index (χ2n) is 4.47. The van der Waals surface area contributed by atoms with E-state index in [9.17, 15) is 0 Å². The second kappa shape index (κ2) is 4.67. The summed E-state index contributed by atoms with van der Waals surface area (Å²) < 4.78 is 0. The van der Waals surface area contributed by atoms with Gasteiger partial charge in [-0.15, -0.1) is 5.10 Å². The van der Waals surface area contributed by atoms with Crippen molar-refractivity contribution in [3.05, 3.63) is 30.5 Å². The number of hydrogen-bond donors (Lipinski definition) is 2. The lowest BCUT2D eigenvalue weighted by Gasteiger charge is -2.24. The maximum atomic E-state index is 4.21. The third-order valence-electron chi connectivity index (χ3n) is 3.21. The molecule has 1 aromatic heterocycles. The minimum atomic E-state index is 0.462. The Labute approximate surface area is 100 Å². The van der Waals surface area contributed by atoms with Gasteiger partial charge in [-0.2, -0.15) is 5.10 Å². The van der Waals surface area contributed by atoms with Gasteiger partial charge in [-0.25, -0.2) is 0 Å². The lowest BCUT2D eigenvalue weighted by Crippen LogP contribution is -2.38. The van der Waals surface area contributed by atoms with E-state index >= 15 is 0 Å². The summed E-state index contributed by atoms with van der Waals surface area (Å²) in [6.45, 7) is 2.13. The van der Waals surface area contributed by atoms with Crippen LogP contribution in [-0.2, 0) is 0 Å². The van der Waals surface area contributed by atoms with Gasteiger partial charge in [-0.3, -0.25) is 0 Å². The monoisotopic (exact) mass is 228 g/mol. The molecule has 1 aromatic carbocycles. The van der Waals surface area contributed by atoms with Crippen LogP contribution < -0.4 is 10.6 Å². The number of rotatable bonds is 2. The van der Waals surface area contributed by atoms with Crippen molar-refractivity contribution >= 4 is 16.6 Å². The molecule has 0 spiro atoms. The Balaban J connectivity index is 1.89. The van der Waals surface area contributed by atoms with Gasteiger partial charge in [0, 0.05) is 23.4 Å². The summed E-state index contributed by atoms with van der Waals surface area (Å²) in [7, 11) is 0. The van der Waals surface area contributed by atoms with Crippen LogP contribution in [-0.4, -0.2) is 29.3 Å². The van der Waals surface area contributed by atoms with E-state index in [0.717, 1.165) is 29.7 Å². The number of benzene rings is 1. The van der Waals surface area contributed by atoms with Crippen molar-refractivity contribution in [3.63, 3.8) is 0 Å². The first-order valence-corrected chi connectivity index (χ1v) is 6.11. The Hall–Kier alpha value is -1.68. The Morgan fingerprint density at radius 2 is 2.24 bits per heavy atom. The van der Waals surface area contributed by atoms with Crippen LogP contribution in [0.15, 0.2) is 30.5 Å². The van der Waals surface area contributed by atoms with Crippen molar-refractivity contribution in [3.8, 4) is 0 Å². The predicted molar refractivity (Wildman–Crippen MR) is 69.1 cm³/mol. The SMILES string of the molecule is c1ccc2c(NC3CCCNC3)nncc2c1. The fourth-order valence-corrected chi connectivity index (χ4v) is 2.30. The van der Waals surface area contributed by atoms with Gasteiger partial charge in [0.05, 0.1) is 6.20 Å². The first kappa shape index (κ1) is 10.5. The molecular weight excluding hydrogens is 212 g/mol. The molecule has 0 aliphatic carbocycles. The number of nitrogens with zero attached hydrogens (tertiary/aromatic N) is 2. The first-order valence-electron chi connectivity index (χ1n) is 6.11. The molecule has 88 valence electrons. The Morgan fingerprint density at radius 1 is 1.29 bits per heavy atom. The van der Waals surface area contributed by atoms with Gasteiger partial charge in [0.1, 0.15) is 0 Å². The van der Waals surface area contributed by atoms with Gasteiger partial charge in [0.15, 0.2) is 5.82 Å². The van der Waals surface area contributed by atoms with Crippen LogP contribution in [0.4, 0.5) is 5.82 Å². The van der Waals surface area contributed by atoms with Crippen LogP contribution in [0.25, 0.3) is 10.8 Å². The molecule has 1 saturated heterocycles. The zero-order valence-corrected chi connectivity index (χ0v) is 9.69. The number of anilines is 1. The molecule has 0 bridgehead atoms. The summed E-state index contributed by atoms with van der Waals surface area (Å²) in [6, 6.07) is 8.67. The van der Waals surface area contributed by atoms with Crippen LogP contribution >= 0.6 is 0 Å². The average molecular weight is 228 g/mol. The van der Waals surface area contributed by atoms with E-state index in [1.807, 2.05) is 12.1 Å². The van der Waals surface area contributed by atoms with Gasteiger partial charge >= 0.3 is 0 Å². The van der Waals surface area contributed by atoms with Gasteiger partial charge in [-0.05, 0) is 19.4 Å². The molecule has 17 heavy (non-hydrogen) atoms. The first-order chi connectivity index (χ1) is 8.43. The van der Waals surface area contributed by atoms with Crippen LogP contribution in [0.2, 0.25) is 0 Å². The molecule has 4 heteroatoms. The highest BCUT2D eigenvalue weighted by Crippen LogP contribution is 2.20. The number of fused-ring (bicyclic) bond motifs is 1. The fraction of sp³-hybridized carbons (Fsp3) is 0.385. The van der Waals surface area contributed by atoms with Gasteiger partial charge in [-0.1, -0.05) is 24.3 Å². The molecule has 1 unspecified atom stereocenters. The summed E-state index contributed by atoms with van der Waals surface area (Å²) in [6.07, 6.45) is 4.22. The lowest BCUT2D eigenvalue weighted by atomic mass is 10.1. The molecule has 1 aliphatic heterocycles. The van der Waals surface area contributed by atoms with Gasteiger partial charge < -0.3 is 10.6 Å². The molecule has 2 heterocycles. The van der Waals surface area contributed by atoms with Crippen molar-refractivity contribution in [2.45, 2.75) is 18.9 Å². The standard InChI is InChI=1S/C13H16N4/c1-2-6-12-10(4-1)8-15-17-13(12)16-11-5-3-7-14-9-11/h1-2,4,6,8,11,14H,3,5,7,9H2,(H,16,17). The van der Waals surface area contributed by atoms with E-state index in [-0.39, 0.29) is 0 Å². The zero-order chi connectivity index (χ0) is 11.5. The van der Waals surface area contributed by atoms with E-state index in [1.165, 1.54) is 12.8 Å². The molecule has 1 atom stereocenters. The highest BCUT2D eigenvalue weighted by Gasteiger charge is 2.14. The van der Waals surface area contributed by atoms with Crippen molar-refractivity contribution < 1.29 is 0 Å². The topological polar surface area (TPSA) is 49.8 Å². The van der Waals surface area contributed by atoms with E-state index in [4.69, 9.17) is 0 Å². The summed E-state index contributed by atoms with van der Waals surface area (Å²) in [5, 5.41) is 17.4. The molecule has 0 amide bonds. The highest BCUT2D eigenvalue weighted by molar-refractivity contribution is 5.90. The lowest BCUT2D eigenvalue weighted by molar-refractivity contribution is 0.479. The summed E-state index contributed by atoms with van der Waals surface area (Å²) >= 11 is 0. The highest BCUT2D eigenvalue weighted by atomic mass is 15.2. The van der Waals surface area contributed by atoms with Crippen LogP contribution in [0.5, 0.6) is 0 Å². The maximum absolute atomic E-state index is 4.21. The Morgan fingerprint density at radius 3 is 3.12 bits per heavy atom. The van der Waals surface area contributed by atoms with Crippen LogP contribution in [0, 0.1) is 0 Å². The predicted octanol–water partition coefficient (Wildman–Crippen LogP) is 1.79. The molecule has 2 aromatic rings. The minimum absolute atomic E-state index is 0.462. The summed E-state index contributed by atoms with van der Waals surface area (Å²) in [5.74, 6) is 0.900. The molecule has 3 rings (SSSR count). The van der Waals surface area contributed by atoms with E-state index in [1.54, 1.807) is 6.20 Å². The van der Waals surface area contributed by atoms with Crippen LogP contribution in [0.1, 0.15) is 12.8 Å². The van der Waals surface area contributed by atoms with Crippen LogP contribution in [0.3, 0.4) is 0 Å². The van der Waals surface area contributed by atoms with Gasteiger partial charge in [0.25, 0.3) is 0 Å². The quantitative estimate of drug-likeness (QED) is 0.823. The molecular formula is C13H16N4. The fourth-order valence-electron chi connectivity index (χ4n) is 2.30. The van der Waals surface area contributed by atoms with Crippen molar-refractivity contribution in [1.29, 1.82) is 0 Å². The Kier molecular flexibility index (Phi) is 2.88. The largest absolute Gasteiger partial charge is 0.364 e. The smallest absolute Gasteiger partial charge is 0.156 e. The average Bonchev–Trinajstić information content (AvgIpc) is 2.40. The number of piperidine rings is 1. The zero-order valence-electron chi connectivity index (χ0n) is 9.69. The maximum Gasteiger partial charge on any atom is 0.156 e. The molecule has 1 fully saturated rings. The molecule has 0 radical (unpaired) electrons. The number of nitrogens with one attached hydrogen (secondary N) is 2. The molecule has 4 nitrogen and oxygen atoms in total. The van der Waals surface area contributed by atoms with Crippen molar-refractivity contribution in [2.75, 3.05) is 18.4 Å². The molecule has 2 N–H and O–H groups in total. The summed E-state index contributed by atoms with van der Waals surface area (Å²) in [5.41, 5.74) is 0. The normalized spacial score (nSPS) is 20.4. The van der Waals surface area contributed by atoms with E-state index in [2.05, 4.69) is 33.0 Å². The van der Waals surface area contributed by atoms with E-state index < -0.39 is 0 Å². The number of hydrogen-bond acceptors (Lipinski definition) is 4. The van der Waals surface area contributed by atoms with E-state index in [0.29, 0.717) is 6.04 Å². The minimum Gasteiger partial charge on any atom is -0.364 e. The van der Waals surface area contributed by atoms with Crippen molar-refractivity contribution in [1.82, 2.24) is 15.5 Å². The number of aromatic nitrogens is 2. The Bertz CT molecular complexity index is 500. The van der Waals surface area contributed by atoms with Crippen molar-refractivity contribution in [2.24, 2.45) is 0 Å². The molecule has 0 saturated carbocycles. The second-order valence-corrected chi connectivity index (χ2v) is 4.47. The third kappa shape index (κ3) is 2.22. The summed E-state index contributed by atoms with van der Waals surface area (Å²) in [4.78, 5) is 0. The third-order valence-corrected chi connectivity index (χ3v) is 3.21. The molecule has 1 aliphatic rings. The van der Waals surface area contributed by atoms with Gasteiger partial charge in [0.2, 0.25) is 0 Å².